The van der Waals surface area contributed by atoms with Crippen molar-refractivity contribution in [2.24, 2.45) is 0 Å². The largest absolute Gasteiger partial charge is 0.474 e. The first-order chi connectivity index (χ1) is 8.72. The van der Waals surface area contributed by atoms with Gasteiger partial charge in [-0.05, 0) is 41.0 Å². The molecule has 0 aromatic rings. The number of amides is 1. The van der Waals surface area contributed by atoms with Crippen molar-refractivity contribution in [2.45, 2.75) is 53.0 Å². The van der Waals surface area contributed by atoms with Gasteiger partial charge in [-0.3, -0.25) is 18.4 Å². The summed E-state index contributed by atoms with van der Waals surface area (Å²) in [4.78, 5) is 11.5. The zero-order valence-electron chi connectivity index (χ0n) is 12.5. The zero-order valence-corrected chi connectivity index (χ0v) is 13.4. The second-order valence-corrected chi connectivity index (χ2v) is 6.69. The summed E-state index contributed by atoms with van der Waals surface area (Å²) in [6, 6.07) is 0. The standard InChI is InChI=1S/C12H26NO5P/c1-6-16-19(15,17-7-2)18-10-8-9-11(14)13-12(3,4)5/h6-10H2,1-5H3,(H,13,14). The summed E-state index contributed by atoms with van der Waals surface area (Å²) in [5, 5.41) is 2.84. The van der Waals surface area contributed by atoms with Crippen LogP contribution in [0.2, 0.25) is 0 Å². The third kappa shape index (κ3) is 10.1. The number of hydrogen-bond donors (Lipinski definition) is 1. The second-order valence-electron chi connectivity index (χ2n) is 5.02. The number of nitrogens with one attached hydrogen (secondary N) is 1. The Hall–Kier alpha value is -0.420. The van der Waals surface area contributed by atoms with Crippen molar-refractivity contribution >= 4 is 13.7 Å². The van der Waals surface area contributed by atoms with E-state index in [2.05, 4.69) is 5.32 Å². The van der Waals surface area contributed by atoms with Gasteiger partial charge in [0.05, 0.1) is 19.8 Å². The van der Waals surface area contributed by atoms with E-state index in [1.807, 2.05) is 20.8 Å². The van der Waals surface area contributed by atoms with Crippen LogP contribution in [0, 0.1) is 0 Å². The van der Waals surface area contributed by atoms with E-state index in [9.17, 15) is 9.36 Å². The quantitative estimate of drug-likeness (QED) is 0.523. The summed E-state index contributed by atoms with van der Waals surface area (Å²) in [6.07, 6.45) is 0.779. The molecule has 0 unspecified atom stereocenters. The van der Waals surface area contributed by atoms with E-state index in [4.69, 9.17) is 13.6 Å². The minimum atomic E-state index is -3.45. The Labute approximate surface area is 115 Å². The highest BCUT2D eigenvalue weighted by Gasteiger charge is 2.25. The van der Waals surface area contributed by atoms with Crippen LogP contribution < -0.4 is 5.32 Å². The van der Waals surface area contributed by atoms with Crippen LogP contribution in [0.4, 0.5) is 0 Å². The monoisotopic (exact) mass is 295 g/mol. The molecule has 0 atom stereocenters. The van der Waals surface area contributed by atoms with Gasteiger partial charge in [0.15, 0.2) is 0 Å². The molecule has 0 aliphatic rings. The molecule has 0 aromatic heterocycles. The van der Waals surface area contributed by atoms with Crippen LogP contribution in [0.1, 0.15) is 47.5 Å². The van der Waals surface area contributed by atoms with E-state index in [-0.39, 0.29) is 31.3 Å². The minimum absolute atomic E-state index is 0.0567. The van der Waals surface area contributed by atoms with Crippen molar-refractivity contribution < 1.29 is 22.9 Å². The molecule has 0 spiro atoms. The molecule has 0 saturated heterocycles. The zero-order chi connectivity index (χ0) is 14.9. The van der Waals surface area contributed by atoms with Crippen molar-refractivity contribution in [3.8, 4) is 0 Å². The predicted octanol–water partition coefficient (Wildman–Crippen LogP) is 2.88. The molecule has 7 heteroatoms. The molecular weight excluding hydrogens is 269 g/mol. The highest BCUT2D eigenvalue weighted by atomic mass is 31.2. The molecule has 0 radical (unpaired) electrons. The first kappa shape index (κ1) is 18.6. The lowest BCUT2D eigenvalue weighted by molar-refractivity contribution is -0.122. The molecule has 19 heavy (non-hydrogen) atoms. The third-order valence-corrected chi connectivity index (χ3v) is 3.53. The van der Waals surface area contributed by atoms with Crippen LogP contribution in [-0.4, -0.2) is 31.3 Å². The van der Waals surface area contributed by atoms with E-state index < -0.39 is 7.82 Å². The van der Waals surface area contributed by atoms with Gasteiger partial charge in [-0.25, -0.2) is 4.57 Å². The average molecular weight is 295 g/mol. The molecule has 0 heterocycles. The highest BCUT2D eigenvalue weighted by molar-refractivity contribution is 7.48. The SMILES string of the molecule is CCOP(=O)(OCC)OCCCC(=O)NC(C)(C)C. The van der Waals surface area contributed by atoms with E-state index in [0.29, 0.717) is 12.8 Å². The first-order valence-electron chi connectivity index (χ1n) is 6.57. The molecule has 1 amide bonds. The smallest absolute Gasteiger partial charge is 0.352 e. The van der Waals surface area contributed by atoms with Crippen molar-refractivity contribution in [3.05, 3.63) is 0 Å². The van der Waals surface area contributed by atoms with E-state index in [1.165, 1.54) is 0 Å². The topological polar surface area (TPSA) is 73.9 Å². The van der Waals surface area contributed by atoms with Gasteiger partial charge in [0.1, 0.15) is 0 Å². The number of carbonyl (C=O) groups excluding carboxylic acids is 1. The summed E-state index contributed by atoms with van der Waals surface area (Å²) in [5.41, 5.74) is -0.246. The van der Waals surface area contributed by atoms with Gasteiger partial charge in [0.25, 0.3) is 0 Å². The molecule has 6 nitrogen and oxygen atoms in total. The van der Waals surface area contributed by atoms with Gasteiger partial charge < -0.3 is 5.32 Å². The van der Waals surface area contributed by atoms with Gasteiger partial charge in [-0.1, -0.05) is 0 Å². The molecule has 0 bridgehead atoms. The molecule has 0 aromatic carbocycles. The molecule has 0 fully saturated rings. The Morgan fingerprint density at radius 2 is 1.63 bits per heavy atom. The van der Waals surface area contributed by atoms with Crippen molar-refractivity contribution in [1.29, 1.82) is 0 Å². The van der Waals surface area contributed by atoms with Crippen molar-refractivity contribution in [3.63, 3.8) is 0 Å². The molecule has 0 rings (SSSR count). The molecule has 0 aliphatic carbocycles. The van der Waals surface area contributed by atoms with E-state index >= 15 is 0 Å². The molecule has 1 N–H and O–H groups in total. The number of phosphoric acid groups is 1. The fraction of sp³-hybridized carbons (Fsp3) is 0.917. The Bertz CT molecular complexity index is 304. The maximum absolute atomic E-state index is 11.9. The van der Waals surface area contributed by atoms with E-state index in [0.717, 1.165) is 0 Å². The van der Waals surface area contributed by atoms with Crippen LogP contribution in [0.25, 0.3) is 0 Å². The summed E-state index contributed by atoms with van der Waals surface area (Å²) >= 11 is 0. The summed E-state index contributed by atoms with van der Waals surface area (Å²) in [6.45, 7) is 9.84. The van der Waals surface area contributed by atoms with Crippen LogP contribution in [0.15, 0.2) is 0 Å². The second kappa shape index (κ2) is 8.69. The average Bonchev–Trinajstić information content (AvgIpc) is 2.23. The predicted molar refractivity (Wildman–Crippen MR) is 73.9 cm³/mol. The number of carbonyl (C=O) groups is 1. The lowest BCUT2D eigenvalue weighted by atomic mass is 10.1. The number of rotatable bonds is 9. The fourth-order valence-corrected chi connectivity index (χ4v) is 2.53. The lowest BCUT2D eigenvalue weighted by Crippen LogP contribution is -2.40. The van der Waals surface area contributed by atoms with Crippen LogP contribution in [0.3, 0.4) is 0 Å². The normalized spacial score (nSPS) is 12.5. The molecule has 0 aliphatic heterocycles. The summed E-state index contributed by atoms with van der Waals surface area (Å²) < 4.78 is 27.0. The number of hydrogen-bond acceptors (Lipinski definition) is 5. The summed E-state index contributed by atoms with van der Waals surface area (Å²) in [5.74, 6) is -0.0567. The lowest BCUT2D eigenvalue weighted by Gasteiger charge is -2.20. The fourth-order valence-electron chi connectivity index (χ4n) is 1.32. The molecular formula is C12H26NO5P. The Kier molecular flexibility index (Phi) is 8.50. The van der Waals surface area contributed by atoms with Gasteiger partial charge in [-0.15, -0.1) is 0 Å². The van der Waals surface area contributed by atoms with E-state index in [1.54, 1.807) is 13.8 Å². The van der Waals surface area contributed by atoms with Gasteiger partial charge in [0, 0.05) is 12.0 Å². The Balaban J connectivity index is 3.95. The minimum Gasteiger partial charge on any atom is -0.352 e. The van der Waals surface area contributed by atoms with Gasteiger partial charge >= 0.3 is 7.82 Å². The van der Waals surface area contributed by atoms with Crippen molar-refractivity contribution in [1.82, 2.24) is 5.32 Å². The van der Waals surface area contributed by atoms with Gasteiger partial charge in [0.2, 0.25) is 5.91 Å². The Morgan fingerprint density at radius 3 is 2.05 bits per heavy atom. The maximum Gasteiger partial charge on any atom is 0.474 e. The first-order valence-corrected chi connectivity index (χ1v) is 8.03. The Morgan fingerprint density at radius 1 is 1.11 bits per heavy atom. The van der Waals surface area contributed by atoms with Crippen LogP contribution in [0.5, 0.6) is 0 Å². The highest BCUT2D eigenvalue weighted by Crippen LogP contribution is 2.49. The van der Waals surface area contributed by atoms with Crippen molar-refractivity contribution in [2.75, 3.05) is 19.8 Å². The third-order valence-electron chi connectivity index (χ3n) is 1.89. The number of phosphoric ester groups is 1. The van der Waals surface area contributed by atoms with Crippen LogP contribution in [-0.2, 0) is 22.9 Å². The van der Waals surface area contributed by atoms with Gasteiger partial charge in [-0.2, -0.15) is 0 Å². The maximum atomic E-state index is 11.9. The molecule has 0 saturated carbocycles. The molecule has 114 valence electrons. The summed E-state index contributed by atoms with van der Waals surface area (Å²) in [7, 11) is -3.45. The van der Waals surface area contributed by atoms with Crippen LogP contribution >= 0.6 is 7.82 Å².